The van der Waals surface area contributed by atoms with Crippen molar-refractivity contribution in [1.82, 2.24) is 9.88 Å². The van der Waals surface area contributed by atoms with Crippen molar-refractivity contribution in [1.29, 1.82) is 5.26 Å². The third kappa shape index (κ3) is 2.90. The van der Waals surface area contributed by atoms with Crippen molar-refractivity contribution in [2.45, 2.75) is 25.3 Å². The van der Waals surface area contributed by atoms with Crippen LogP contribution in [0.5, 0.6) is 0 Å². The van der Waals surface area contributed by atoms with E-state index < -0.39 is 0 Å². The summed E-state index contributed by atoms with van der Waals surface area (Å²) in [5, 5.41) is 12.2. The average Bonchev–Trinajstić information content (AvgIpc) is 2.39. The van der Waals surface area contributed by atoms with E-state index >= 15 is 0 Å². The van der Waals surface area contributed by atoms with Crippen LogP contribution in [-0.4, -0.2) is 36.1 Å². The van der Waals surface area contributed by atoms with Crippen LogP contribution in [0.2, 0.25) is 0 Å². The lowest BCUT2D eigenvalue weighted by Gasteiger charge is -2.32. The number of nitrogens with two attached hydrogens (primary N) is 1. The first-order valence-electron chi connectivity index (χ1n) is 6.31. The number of anilines is 2. The summed E-state index contributed by atoms with van der Waals surface area (Å²) in [7, 11) is 2.16. The Balaban J connectivity index is 1.95. The quantitative estimate of drug-likeness (QED) is 0.842. The highest BCUT2D eigenvalue weighted by molar-refractivity contribution is 5.54. The number of hydrogen-bond donors (Lipinski definition) is 2. The number of nitrogen functional groups attached to an aromatic ring is 1. The Morgan fingerprint density at radius 2 is 2.39 bits per heavy atom. The minimum atomic E-state index is 0.289. The van der Waals surface area contributed by atoms with Gasteiger partial charge >= 0.3 is 0 Å². The van der Waals surface area contributed by atoms with Crippen molar-refractivity contribution in [3.05, 3.63) is 17.8 Å². The van der Waals surface area contributed by atoms with Gasteiger partial charge in [-0.1, -0.05) is 6.42 Å². The monoisotopic (exact) mass is 245 g/mol. The Labute approximate surface area is 108 Å². The van der Waals surface area contributed by atoms with Gasteiger partial charge in [0.15, 0.2) is 5.69 Å². The van der Waals surface area contributed by atoms with Gasteiger partial charge in [0.1, 0.15) is 11.9 Å². The molecule has 1 aromatic heterocycles. The van der Waals surface area contributed by atoms with E-state index in [1.54, 1.807) is 6.07 Å². The van der Waals surface area contributed by atoms with Crippen molar-refractivity contribution in [3.63, 3.8) is 0 Å². The first-order chi connectivity index (χ1) is 8.70. The molecular weight excluding hydrogens is 226 g/mol. The number of pyridine rings is 1. The van der Waals surface area contributed by atoms with Gasteiger partial charge < -0.3 is 16.0 Å². The fourth-order valence-electron chi connectivity index (χ4n) is 2.28. The molecule has 0 aliphatic carbocycles. The van der Waals surface area contributed by atoms with E-state index in [1.807, 2.05) is 12.1 Å². The van der Waals surface area contributed by atoms with Gasteiger partial charge in [-0.05, 0) is 38.6 Å². The molecule has 0 radical (unpaired) electrons. The minimum absolute atomic E-state index is 0.289. The smallest absolute Gasteiger partial charge is 0.165 e. The molecule has 0 amide bonds. The summed E-state index contributed by atoms with van der Waals surface area (Å²) < 4.78 is 0. The maximum absolute atomic E-state index is 8.87. The second kappa shape index (κ2) is 5.69. The van der Waals surface area contributed by atoms with Crippen LogP contribution >= 0.6 is 0 Å². The van der Waals surface area contributed by atoms with E-state index in [0.29, 0.717) is 11.7 Å². The molecule has 1 unspecified atom stereocenters. The third-order valence-electron chi connectivity index (χ3n) is 3.47. The summed E-state index contributed by atoms with van der Waals surface area (Å²) in [6.07, 6.45) is 3.78. The standard InChI is InChI=1S/C13H19N5/c1-18-7-3-2-4-10(18)9-16-13-6-5-11(15)12(8-14)17-13/h5-6,10H,2-4,7,9,15H2,1H3,(H,16,17). The molecule has 1 aromatic rings. The fraction of sp³-hybridized carbons (Fsp3) is 0.538. The molecule has 96 valence electrons. The maximum Gasteiger partial charge on any atom is 0.165 e. The molecule has 1 fully saturated rings. The molecule has 0 spiro atoms. The largest absolute Gasteiger partial charge is 0.396 e. The molecular formula is C13H19N5. The van der Waals surface area contributed by atoms with Crippen LogP contribution in [-0.2, 0) is 0 Å². The second-order valence-electron chi connectivity index (χ2n) is 4.76. The fourth-order valence-corrected chi connectivity index (χ4v) is 2.28. The van der Waals surface area contributed by atoms with Gasteiger partial charge in [0.05, 0.1) is 5.69 Å². The van der Waals surface area contributed by atoms with E-state index in [1.165, 1.54) is 19.3 Å². The summed E-state index contributed by atoms with van der Waals surface area (Å²) in [6.45, 7) is 2.02. The number of nitrogens with one attached hydrogen (secondary N) is 1. The van der Waals surface area contributed by atoms with Gasteiger partial charge in [0.2, 0.25) is 0 Å². The molecule has 1 saturated heterocycles. The van der Waals surface area contributed by atoms with E-state index in [9.17, 15) is 0 Å². The molecule has 1 atom stereocenters. The highest BCUT2D eigenvalue weighted by atomic mass is 15.2. The van der Waals surface area contributed by atoms with Gasteiger partial charge in [-0.25, -0.2) is 4.98 Å². The van der Waals surface area contributed by atoms with Crippen LogP contribution in [0.1, 0.15) is 25.0 Å². The van der Waals surface area contributed by atoms with Gasteiger partial charge in [0.25, 0.3) is 0 Å². The summed E-state index contributed by atoms with van der Waals surface area (Å²) >= 11 is 0. The van der Waals surface area contributed by atoms with Crippen LogP contribution in [0.3, 0.4) is 0 Å². The van der Waals surface area contributed by atoms with Crippen molar-refractivity contribution in [2.75, 3.05) is 31.2 Å². The zero-order valence-electron chi connectivity index (χ0n) is 10.7. The molecule has 1 aliphatic rings. The van der Waals surface area contributed by atoms with Gasteiger partial charge in [-0.2, -0.15) is 5.26 Å². The number of piperidine rings is 1. The molecule has 18 heavy (non-hydrogen) atoms. The molecule has 0 aromatic carbocycles. The molecule has 2 rings (SSSR count). The van der Waals surface area contributed by atoms with Gasteiger partial charge in [-0.15, -0.1) is 0 Å². The number of likely N-dealkylation sites (N-methyl/N-ethyl adjacent to an activating group) is 1. The molecule has 2 heterocycles. The summed E-state index contributed by atoms with van der Waals surface area (Å²) in [6, 6.07) is 6.08. The highest BCUT2D eigenvalue weighted by Gasteiger charge is 2.18. The van der Waals surface area contributed by atoms with E-state index in [-0.39, 0.29) is 5.69 Å². The topological polar surface area (TPSA) is 78.0 Å². The molecule has 5 nitrogen and oxygen atoms in total. The summed E-state index contributed by atoms with van der Waals surface area (Å²) in [5.41, 5.74) is 6.36. The minimum Gasteiger partial charge on any atom is -0.396 e. The Bertz CT molecular complexity index is 451. The SMILES string of the molecule is CN1CCCCC1CNc1ccc(N)c(C#N)n1. The summed E-state index contributed by atoms with van der Waals surface area (Å²) in [5.74, 6) is 0.722. The predicted octanol–water partition coefficient (Wildman–Crippen LogP) is 1.43. The predicted molar refractivity (Wildman–Crippen MR) is 72.1 cm³/mol. The van der Waals surface area contributed by atoms with Crippen molar-refractivity contribution >= 4 is 11.5 Å². The maximum atomic E-state index is 8.87. The molecule has 5 heteroatoms. The lowest BCUT2D eigenvalue weighted by Crippen LogP contribution is -2.40. The summed E-state index contributed by atoms with van der Waals surface area (Å²) in [4.78, 5) is 6.56. The lowest BCUT2D eigenvalue weighted by molar-refractivity contribution is 0.194. The zero-order chi connectivity index (χ0) is 13.0. The first-order valence-corrected chi connectivity index (χ1v) is 6.31. The Morgan fingerprint density at radius 3 is 3.11 bits per heavy atom. The van der Waals surface area contributed by atoms with Crippen LogP contribution in [0.25, 0.3) is 0 Å². The number of nitriles is 1. The Kier molecular flexibility index (Phi) is 4.00. The number of aromatic nitrogens is 1. The number of hydrogen-bond acceptors (Lipinski definition) is 5. The van der Waals surface area contributed by atoms with Crippen LogP contribution in [0.15, 0.2) is 12.1 Å². The van der Waals surface area contributed by atoms with Gasteiger partial charge in [0, 0.05) is 12.6 Å². The van der Waals surface area contributed by atoms with Crippen LogP contribution in [0.4, 0.5) is 11.5 Å². The normalized spacial score (nSPS) is 20.3. The number of nitrogens with zero attached hydrogens (tertiary/aromatic N) is 3. The number of likely N-dealkylation sites (tertiary alicyclic amines) is 1. The van der Waals surface area contributed by atoms with E-state index in [0.717, 1.165) is 18.9 Å². The van der Waals surface area contributed by atoms with E-state index in [4.69, 9.17) is 11.0 Å². The molecule has 0 saturated carbocycles. The zero-order valence-corrected chi connectivity index (χ0v) is 10.7. The molecule has 1 aliphatic heterocycles. The lowest BCUT2D eigenvalue weighted by atomic mass is 10.0. The second-order valence-corrected chi connectivity index (χ2v) is 4.76. The molecule has 3 N–H and O–H groups in total. The average molecular weight is 245 g/mol. The van der Waals surface area contributed by atoms with Gasteiger partial charge in [-0.3, -0.25) is 0 Å². The van der Waals surface area contributed by atoms with E-state index in [2.05, 4.69) is 22.2 Å². The first kappa shape index (κ1) is 12.7. The van der Waals surface area contributed by atoms with Crippen LogP contribution < -0.4 is 11.1 Å². The van der Waals surface area contributed by atoms with Crippen molar-refractivity contribution in [3.8, 4) is 6.07 Å². The Morgan fingerprint density at radius 1 is 1.56 bits per heavy atom. The molecule has 0 bridgehead atoms. The van der Waals surface area contributed by atoms with Crippen molar-refractivity contribution in [2.24, 2.45) is 0 Å². The number of rotatable bonds is 3. The Hall–Kier alpha value is -1.80. The third-order valence-corrected chi connectivity index (χ3v) is 3.47. The van der Waals surface area contributed by atoms with Crippen LogP contribution in [0, 0.1) is 11.3 Å². The highest BCUT2D eigenvalue weighted by Crippen LogP contribution is 2.16. The van der Waals surface area contributed by atoms with Crippen molar-refractivity contribution < 1.29 is 0 Å².